The van der Waals surface area contributed by atoms with Crippen LogP contribution in [0.2, 0.25) is 0 Å². The highest BCUT2D eigenvalue weighted by Gasteiger charge is 2.10. The van der Waals surface area contributed by atoms with Crippen molar-refractivity contribution in [3.8, 4) is 6.07 Å². The van der Waals surface area contributed by atoms with Gasteiger partial charge in [0.2, 0.25) is 0 Å². The highest BCUT2D eigenvalue weighted by Crippen LogP contribution is 2.21. The maximum atomic E-state index is 9.34. The third-order valence-electron chi connectivity index (χ3n) is 3.20. The van der Waals surface area contributed by atoms with Gasteiger partial charge in [-0.15, -0.1) is 0 Å². The second-order valence-corrected chi connectivity index (χ2v) is 5.16. The van der Waals surface area contributed by atoms with Crippen molar-refractivity contribution in [1.29, 1.82) is 5.26 Å². The minimum atomic E-state index is 0.175. The van der Waals surface area contributed by atoms with E-state index in [-0.39, 0.29) is 6.61 Å². The maximum absolute atomic E-state index is 9.34. The van der Waals surface area contributed by atoms with Crippen molar-refractivity contribution in [2.75, 3.05) is 24.6 Å². The SMILES string of the molecule is CCN(CCCO)c1ccc(CNC(C)C)cc1C#N. The number of anilines is 1. The van der Waals surface area contributed by atoms with Gasteiger partial charge in [0.15, 0.2) is 0 Å². The predicted octanol–water partition coefficient (Wildman–Crippen LogP) is 2.26. The molecule has 0 fully saturated rings. The number of aliphatic hydroxyl groups excluding tert-OH is 1. The number of nitriles is 1. The first-order valence-electron chi connectivity index (χ1n) is 7.24. The molecule has 0 amide bonds. The van der Waals surface area contributed by atoms with Crippen LogP contribution in [0.3, 0.4) is 0 Å². The number of aliphatic hydroxyl groups is 1. The molecular weight excluding hydrogens is 250 g/mol. The second-order valence-electron chi connectivity index (χ2n) is 5.16. The zero-order valence-corrected chi connectivity index (χ0v) is 12.7. The van der Waals surface area contributed by atoms with Crippen molar-refractivity contribution in [2.45, 2.75) is 39.8 Å². The molecule has 0 unspecified atom stereocenters. The highest BCUT2D eigenvalue weighted by molar-refractivity contribution is 5.60. The fourth-order valence-electron chi connectivity index (χ4n) is 2.09. The lowest BCUT2D eigenvalue weighted by atomic mass is 10.1. The van der Waals surface area contributed by atoms with Crippen LogP contribution in [-0.2, 0) is 6.54 Å². The number of benzene rings is 1. The molecule has 0 aliphatic heterocycles. The molecule has 20 heavy (non-hydrogen) atoms. The topological polar surface area (TPSA) is 59.3 Å². The lowest BCUT2D eigenvalue weighted by molar-refractivity contribution is 0.289. The Kier molecular flexibility index (Phi) is 7.06. The zero-order chi connectivity index (χ0) is 15.0. The van der Waals surface area contributed by atoms with Gasteiger partial charge in [-0.3, -0.25) is 0 Å². The Balaban J connectivity index is 2.89. The van der Waals surface area contributed by atoms with Crippen LogP contribution in [0.15, 0.2) is 18.2 Å². The molecule has 4 nitrogen and oxygen atoms in total. The van der Waals surface area contributed by atoms with Gasteiger partial charge in [0.1, 0.15) is 6.07 Å². The van der Waals surface area contributed by atoms with Crippen LogP contribution in [-0.4, -0.2) is 30.8 Å². The summed E-state index contributed by atoms with van der Waals surface area (Å²) in [4.78, 5) is 2.13. The molecular formula is C16H25N3O. The summed E-state index contributed by atoms with van der Waals surface area (Å²) in [7, 11) is 0. The molecule has 0 aliphatic carbocycles. The molecule has 1 rings (SSSR count). The summed E-state index contributed by atoms with van der Waals surface area (Å²) in [5, 5.41) is 21.6. The average Bonchev–Trinajstić information content (AvgIpc) is 2.46. The minimum absolute atomic E-state index is 0.175. The first-order valence-corrected chi connectivity index (χ1v) is 7.24. The summed E-state index contributed by atoms with van der Waals surface area (Å²) in [6.45, 7) is 8.82. The fraction of sp³-hybridized carbons (Fsp3) is 0.562. The van der Waals surface area contributed by atoms with Gasteiger partial charge in [-0.2, -0.15) is 5.26 Å². The molecule has 0 heterocycles. The largest absolute Gasteiger partial charge is 0.396 e. The summed E-state index contributed by atoms with van der Waals surface area (Å²) in [5.74, 6) is 0. The summed E-state index contributed by atoms with van der Waals surface area (Å²) in [6.07, 6.45) is 0.718. The van der Waals surface area contributed by atoms with Crippen molar-refractivity contribution in [3.63, 3.8) is 0 Å². The van der Waals surface area contributed by atoms with E-state index < -0.39 is 0 Å². The lowest BCUT2D eigenvalue weighted by Crippen LogP contribution is -2.26. The summed E-state index contributed by atoms with van der Waals surface area (Å²) in [5.41, 5.74) is 2.78. The average molecular weight is 275 g/mol. The van der Waals surface area contributed by atoms with E-state index in [2.05, 4.69) is 43.1 Å². The number of hydrogen-bond acceptors (Lipinski definition) is 4. The molecule has 0 spiro atoms. The van der Waals surface area contributed by atoms with Crippen LogP contribution in [0.4, 0.5) is 5.69 Å². The Morgan fingerprint density at radius 3 is 2.70 bits per heavy atom. The minimum Gasteiger partial charge on any atom is -0.396 e. The summed E-state index contributed by atoms with van der Waals surface area (Å²) >= 11 is 0. The van der Waals surface area contributed by atoms with Crippen molar-refractivity contribution >= 4 is 5.69 Å². The second kappa shape index (κ2) is 8.57. The van der Waals surface area contributed by atoms with Gasteiger partial charge in [-0.05, 0) is 31.0 Å². The van der Waals surface area contributed by atoms with Crippen molar-refractivity contribution < 1.29 is 5.11 Å². The van der Waals surface area contributed by atoms with Crippen molar-refractivity contribution in [1.82, 2.24) is 5.32 Å². The molecule has 4 heteroatoms. The molecule has 0 saturated heterocycles. The van der Waals surface area contributed by atoms with Gasteiger partial charge in [0.25, 0.3) is 0 Å². The Morgan fingerprint density at radius 2 is 2.15 bits per heavy atom. The number of rotatable bonds is 8. The van der Waals surface area contributed by atoms with Crippen LogP contribution in [0.5, 0.6) is 0 Å². The normalized spacial score (nSPS) is 10.6. The molecule has 0 radical (unpaired) electrons. The maximum Gasteiger partial charge on any atom is 0.101 e. The molecule has 0 aromatic heterocycles. The molecule has 1 aromatic rings. The first-order chi connectivity index (χ1) is 9.62. The predicted molar refractivity (Wildman–Crippen MR) is 82.7 cm³/mol. The monoisotopic (exact) mass is 275 g/mol. The van der Waals surface area contributed by atoms with Crippen LogP contribution in [0, 0.1) is 11.3 Å². The van der Waals surface area contributed by atoms with Crippen LogP contribution < -0.4 is 10.2 Å². The third-order valence-corrected chi connectivity index (χ3v) is 3.20. The standard InChI is InChI=1S/C16H25N3O/c1-4-19(8-5-9-20)16-7-6-14(10-15(16)11-17)12-18-13(2)3/h6-7,10,13,18,20H,4-5,8-9,12H2,1-3H3. The molecule has 110 valence electrons. The van der Waals surface area contributed by atoms with Gasteiger partial charge in [0.05, 0.1) is 11.3 Å². The van der Waals surface area contributed by atoms with Gasteiger partial charge in [0, 0.05) is 32.3 Å². The van der Waals surface area contributed by atoms with E-state index in [1.54, 1.807) is 0 Å². The molecule has 0 saturated carbocycles. The van der Waals surface area contributed by atoms with Crippen LogP contribution >= 0.6 is 0 Å². The third kappa shape index (κ3) is 4.84. The molecule has 2 N–H and O–H groups in total. The molecule has 0 aliphatic rings. The molecule has 0 bridgehead atoms. The van der Waals surface area contributed by atoms with E-state index in [1.165, 1.54) is 0 Å². The molecule has 0 atom stereocenters. The van der Waals surface area contributed by atoms with Gasteiger partial charge < -0.3 is 15.3 Å². The zero-order valence-electron chi connectivity index (χ0n) is 12.7. The summed E-state index contributed by atoms with van der Waals surface area (Å²) < 4.78 is 0. The molecule has 1 aromatic carbocycles. The Labute approximate surface area is 122 Å². The van der Waals surface area contributed by atoms with Gasteiger partial charge >= 0.3 is 0 Å². The summed E-state index contributed by atoms with van der Waals surface area (Å²) in [6, 6.07) is 8.73. The van der Waals surface area contributed by atoms with Crippen molar-refractivity contribution in [3.05, 3.63) is 29.3 Å². The number of hydrogen-bond donors (Lipinski definition) is 2. The number of nitrogens with one attached hydrogen (secondary N) is 1. The van der Waals surface area contributed by atoms with E-state index in [9.17, 15) is 5.26 Å². The van der Waals surface area contributed by atoms with Gasteiger partial charge in [-0.1, -0.05) is 19.9 Å². The van der Waals surface area contributed by atoms with Gasteiger partial charge in [-0.25, -0.2) is 0 Å². The fourth-order valence-corrected chi connectivity index (χ4v) is 2.09. The van der Waals surface area contributed by atoms with Crippen LogP contribution in [0.1, 0.15) is 38.3 Å². The Bertz CT molecular complexity index is 452. The number of nitrogens with zero attached hydrogens (tertiary/aromatic N) is 2. The van der Waals surface area contributed by atoms with E-state index in [0.29, 0.717) is 11.6 Å². The van der Waals surface area contributed by atoms with E-state index in [4.69, 9.17) is 5.11 Å². The quantitative estimate of drug-likeness (QED) is 0.764. The van der Waals surface area contributed by atoms with E-state index in [1.807, 2.05) is 12.1 Å². The Hall–Kier alpha value is -1.57. The van der Waals surface area contributed by atoms with E-state index >= 15 is 0 Å². The van der Waals surface area contributed by atoms with Crippen molar-refractivity contribution in [2.24, 2.45) is 0 Å². The Morgan fingerprint density at radius 1 is 1.40 bits per heavy atom. The highest BCUT2D eigenvalue weighted by atomic mass is 16.3. The lowest BCUT2D eigenvalue weighted by Gasteiger charge is -2.24. The van der Waals surface area contributed by atoms with Crippen LogP contribution in [0.25, 0.3) is 0 Å². The van der Waals surface area contributed by atoms with E-state index in [0.717, 1.165) is 37.3 Å². The smallest absolute Gasteiger partial charge is 0.101 e. The first kappa shape index (κ1) is 16.5.